The monoisotopic (exact) mass is 274 g/mol. The van der Waals surface area contributed by atoms with Gasteiger partial charge < -0.3 is 15.0 Å². The summed E-state index contributed by atoms with van der Waals surface area (Å²) in [5, 5.41) is 11.1. The maximum atomic E-state index is 5.21. The molecule has 0 saturated carbocycles. The number of oxime groups is 2. The largest absolute Gasteiger partial charge is 0.399 e. The molecule has 6 nitrogen and oxygen atoms in total. The molecular weight excluding hydrogens is 256 g/mol. The number of rotatable bonds is 6. The molecule has 0 fully saturated rings. The van der Waals surface area contributed by atoms with Gasteiger partial charge in [-0.1, -0.05) is 34.6 Å². The number of hydrogen-bond donors (Lipinski definition) is 1. The van der Waals surface area contributed by atoms with Crippen LogP contribution in [0.25, 0.3) is 0 Å². The molecule has 0 spiro atoms. The molecule has 6 heteroatoms. The third kappa shape index (κ3) is 3.34. The van der Waals surface area contributed by atoms with Crippen LogP contribution in [0.5, 0.6) is 0 Å². The molecule has 1 heterocycles. The number of aliphatic imine (C=N–C) groups is 1. The zero-order valence-corrected chi connectivity index (χ0v) is 11.7. The number of benzene rings is 1. The van der Waals surface area contributed by atoms with Crippen molar-refractivity contribution in [3.63, 3.8) is 0 Å². The van der Waals surface area contributed by atoms with Crippen molar-refractivity contribution in [2.45, 2.75) is 13.5 Å². The molecule has 20 heavy (non-hydrogen) atoms. The van der Waals surface area contributed by atoms with E-state index >= 15 is 0 Å². The fraction of sp³-hybridized carbons (Fsp3) is 0.357. The average Bonchev–Trinajstić information content (AvgIpc) is 3.00. The van der Waals surface area contributed by atoms with Crippen LogP contribution < -0.4 is 5.32 Å². The van der Waals surface area contributed by atoms with Gasteiger partial charge >= 0.3 is 0 Å². The van der Waals surface area contributed by atoms with Crippen LogP contribution in [-0.4, -0.2) is 38.0 Å². The van der Waals surface area contributed by atoms with Crippen molar-refractivity contribution >= 4 is 17.8 Å². The molecule has 106 valence electrons. The van der Waals surface area contributed by atoms with Gasteiger partial charge in [-0.3, -0.25) is 4.99 Å². The smallest absolute Gasteiger partial charge is 0.152 e. The van der Waals surface area contributed by atoms with Crippen molar-refractivity contribution in [1.29, 1.82) is 0 Å². The highest BCUT2D eigenvalue weighted by Crippen LogP contribution is 2.13. The predicted octanol–water partition coefficient (Wildman–Crippen LogP) is 1.56. The summed E-state index contributed by atoms with van der Waals surface area (Å²) >= 11 is 0. The van der Waals surface area contributed by atoms with Crippen molar-refractivity contribution in [3.8, 4) is 0 Å². The van der Waals surface area contributed by atoms with Crippen LogP contribution in [0, 0.1) is 0 Å². The molecule has 0 bridgehead atoms. The van der Waals surface area contributed by atoms with E-state index in [1.54, 1.807) is 13.1 Å². The maximum absolute atomic E-state index is 5.21. The van der Waals surface area contributed by atoms with Gasteiger partial charge in [0, 0.05) is 23.9 Å². The van der Waals surface area contributed by atoms with Crippen LogP contribution >= 0.6 is 0 Å². The average molecular weight is 274 g/mol. The Kier molecular flexibility index (Phi) is 5.11. The minimum absolute atomic E-state index is 0.372. The summed E-state index contributed by atoms with van der Waals surface area (Å²) in [4.78, 5) is 14.6. The van der Waals surface area contributed by atoms with E-state index in [0.717, 1.165) is 30.1 Å². The summed E-state index contributed by atoms with van der Waals surface area (Å²) in [5.41, 5.74) is 2.59. The Labute approximate surface area is 118 Å². The van der Waals surface area contributed by atoms with Gasteiger partial charge in [0.15, 0.2) is 11.5 Å². The third-order valence-corrected chi connectivity index (χ3v) is 2.75. The van der Waals surface area contributed by atoms with Gasteiger partial charge in [-0.25, -0.2) is 0 Å². The fourth-order valence-corrected chi connectivity index (χ4v) is 1.93. The molecule has 1 aliphatic rings. The summed E-state index contributed by atoms with van der Waals surface area (Å²) in [6.45, 7) is 3.74. The standard InChI is InChI=1S/C14H18N4O2/c1-3-17-20-10-11-6-4-5-7-12(11)13(18-19-2)14-15-8-9-16-14/h3-7H,8-10H2,1-2H3,(H,15,16)/b17-3-,18-13+. The Morgan fingerprint density at radius 1 is 1.45 bits per heavy atom. The summed E-state index contributed by atoms with van der Waals surface area (Å²) < 4.78 is 0. The van der Waals surface area contributed by atoms with Gasteiger partial charge in [-0.05, 0) is 6.92 Å². The van der Waals surface area contributed by atoms with E-state index in [1.165, 1.54) is 7.11 Å². The number of nitrogens with one attached hydrogen (secondary N) is 1. The molecule has 0 unspecified atom stereocenters. The molecule has 0 aliphatic carbocycles. The van der Waals surface area contributed by atoms with Crippen LogP contribution in [0.2, 0.25) is 0 Å². The molecule has 0 aromatic heterocycles. The first-order chi connectivity index (χ1) is 9.86. The summed E-state index contributed by atoms with van der Waals surface area (Å²) in [5.74, 6) is 0.748. The van der Waals surface area contributed by atoms with Crippen molar-refractivity contribution in [2.24, 2.45) is 15.3 Å². The SMILES string of the molecule is C/C=N\OCc1ccccc1/C(=N\OC)C1=NCCN1. The second-order valence-electron chi connectivity index (χ2n) is 4.07. The zero-order chi connectivity index (χ0) is 14.2. The molecule has 2 rings (SSSR count). The van der Waals surface area contributed by atoms with Gasteiger partial charge in [0.2, 0.25) is 0 Å². The Hall–Kier alpha value is -2.37. The second kappa shape index (κ2) is 7.28. The molecule has 1 aliphatic heterocycles. The third-order valence-electron chi connectivity index (χ3n) is 2.75. The first kappa shape index (κ1) is 14.0. The van der Waals surface area contributed by atoms with Crippen LogP contribution in [0.4, 0.5) is 0 Å². The van der Waals surface area contributed by atoms with E-state index in [4.69, 9.17) is 9.68 Å². The first-order valence-electron chi connectivity index (χ1n) is 6.45. The zero-order valence-electron chi connectivity index (χ0n) is 11.7. The van der Waals surface area contributed by atoms with Crippen molar-refractivity contribution in [1.82, 2.24) is 5.32 Å². The van der Waals surface area contributed by atoms with Crippen molar-refractivity contribution < 1.29 is 9.68 Å². The van der Waals surface area contributed by atoms with E-state index in [2.05, 4.69) is 20.6 Å². The minimum atomic E-state index is 0.372. The van der Waals surface area contributed by atoms with Crippen LogP contribution in [-0.2, 0) is 16.3 Å². The van der Waals surface area contributed by atoms with E-state index in [9.17, 15) is 0 Å². The Morgan fingerprint density at radius 3 is 3.00 bits per heavy atom. The van der Waals surface area contributed by atoms with Gasteiger partial charge in [0.1, 0.15) is 13.7 Å². The van der Waals surface area contributed by atoms with Crippen molar-refractivity contribution in [2.75, 3.05) is 20.2 Å². The molecule has 1 N–H and O–H groups in total. The maximum Gasteiger partial charge on any atom is 0.152 e. The molecular formula is C14H18N4O2. The lowest BCUT2D eigenvalue weighted by Gasteiger charge is -2.11. The van der Waals surface area contributed by atoms with Gasteiger partial charge in [-0.2, -0.15) is 0 Å². The molecule has 0 amide bonds. The lowest BCUT2D eigenvalue weighted by Crippen LogP contribution is -2.29. The van der Waals surface area contributed by atoms with E-state index in [-0.39, 0.29) is 0 Å². The number of nitrogens with zero attached hydrogens (tertiary/aromatic N) is 3. The highest BCUT2D eigenvalue weighted by molar-refractivity contribution is 6.48. The molecule has 0 radical (unpaired) electrons. The van der Waals surface area contributed by atoms with Crippen LogP contribution in [0.1, 0.15) is 18.1 Å². The minimum Gasteiger partial charge on any atom is -0.399 e. The lowest BCUT2D eigenvalue weighted by molar-refractivity contribution is 0.131. The first-order valence-corrected chi connectivity index (χ1v) is 6.45. The molecule has 0 saturated heterocycles. The Bertz CT molecular complexity index is 538. The lowest BCUT2D eigenvalue weighted by atomic mass is 10.0. The summed E-state index contributed by atoms with van der Waals surface area (Å²) in [6.07, 6.45) is 1.61. The summed E-state index contributed by atoms with van der Waals surface area (Å²) in [6, 6.07) is 7.84. The second-order valence-corrected chi connectivity index (χ2v) is 4.07. The Balaban J connectivity index is 2.30. The van der Waals surface area contributed by atoms with Gasteiger partial charge in [-0.15, -0.1) is 0 Å². The quantitative estimate of drug-likeness (QED) is 0.632. The highest BCUT2D eigenvalue weighted by Gasteiger charge is 2.18. The topological polar surface area (TPSA) is 67.6 Å². The van der Waals surface area contributed by atoms with Crippen molar-refractivity contribution in [3.05, 3.63) is 35.4 Å². The summed E-state index contributed by atoms with van der Waals surface area (Å²) in [7, 11) is 1.52. The van der Waals surface area contributed by atoms with Crippen LogP contribution in [0.15, 0.2) is 39.6 Å². The molecule has 0 atom stereocenters. The van der Waals surface area contributed by atoms with E-state index < -0.39 is 0 Å². The van der Waals surface area contributed by atoms with E-state index in [0.29, 0.717) is 12.3 Å². The number of hydrogen-bond acceptors (Lipinski definition) is 6. The number of amidine groups is 1. The fourth-order valence-electron chi connectivity index (χ4n) is 1.93. The molecule has 1 aromatic carbocycles. The molecule has 1 aromatic rings. The van der Waals surface area contributed by atoms with E-state index in [1.807, 2.05) is 24.3 Å². The van der Waals surface area contributed by atoms with Gasteiger partial charge in [0.05, 0.1) is 6.54 Å². The predicted molar refractivity (Wildman–Crippen MR) is 79.2 cm³/mol. The van der Waals surface area contributed by atoms with Crippen LogP contribution in [0.3, 0.4) is 0 Å². The highest BCUT2D eigenvalue weighted by atomic mass is 16.6. The van der Waals surface area contributed by atoms with Gasteiger partial charge in [0.25, 0.3) is 0 Å². The Morgan fingerprint density at radius 2 is 2.30 bits per heavy atom. The normalized spacial score (nSPS) is 15.1.